The average molecular weight is 374 g/mol. The van der Waals surface area contributed by atoms with Crippen LogP contribution in [0.25, 0.3) is 5.69 Å². The van der Waals surface area contributed by atoms with Gasteiger partial charge >= 0.3 is 5.69 Å². The largest absolute Gasteiger partial charge is 0.389 e. The Balaban J connectivity index is 2.53. The Kier molecular flexibility index (Phi) is 5.89. The quantitative estimate of drug-likeness (QED) is 0.736. The second-order valence-electron chi connectivity index (χ2n) is 4.83. The van der Waals surface area contributed by atoms with E-state index in [1.165, 1.54) is 25.3 Å². The summed E-state index contributed by atoms with van der Waals surface area (Å²) in [6.07, 6.45) is -0.112. The molecule has 0 saturated carbocycles. The van der Waals surface area contributed by atoms with E-state index in [9.17, 15) is 19.5 Å². The van der Waals surface area contributed by atoms with Gasteiger partial charge in [0.05, 0.1) is 35.5 Å². The van der Waals surface area contributed by atoms with Gasteiger partial charge in [-0.2, -0.15) is 9.78 Å². The van der Waals surface area contributed by atoms with Crippen molar-refractivity contribution in [1.82, 2.24) is 14.3 Å². The lowest BCUT2D eigenvalue weighted by Gasteiger charge is -2.13. The number of aliphatic hydroxyl groups excluding tert-OH is 1. The predicted octanol–water partition coefficient (Wildman–Crippen LogP) is 0.434. The van der Waals surface area contributed by atoms with Crippen LogP contribution < -0.4 is 11.2 Å². The summed E-state index contributed by atoms with van der Waals surface area (Å²) in [5, 5.41) is 12.8. The third-order valence-electron chi connectivity index (χ3n) is 3.12. The maximum absolute atomic E-state index is 12.5. The lowest BCUT2D eigenvalue weighted by atomic mass is 10.2. The number of nitrogens with zero attached hydrogens (tertiary/aromatic N) is 3. The molecule has 10 heteroatoms. The van der Waals surface area contributed by atoms with Crippen LogP contribution in [-0.4, -0.2) is 44.5 Å². The monoisotopic (exact) mass is 373 g/mol. The van der Waals surface area contributed by atoms with Crippen LogP contribution in [0.2, 0.25) is 5.02 Å². The molecule has 0 spiro atoms. The number of aliphatic hydroxyl groups is 1. The van der Waals surface area contributed by atoms with E-state index in [1.54, 1.807) is 0 Å². The van der Waals surface area contributed by atoms with E-state index in [4.69, 9.17) is 27.9 Å². The lowest BCUT2D eigenvalue weighted by Crippen LogP contribution is -2.43. The van der Waals surface area contributed by atoms with Gasteiger partial charge in [0, 0.05) is 7.11 Å². The highest BCUT2D eigenvalue weighted by Crippen LogP contribution is 2.20. The Morgan fingerprint density at radius 1 is 1.42 bits per heavy atom. The van der Waals surface area contributed by atoms with Gasteiger partial charge in [0.15, 0.2) is 0 Å². The third-order valence-corrected chi connectivity index (χ3v) is 3.65. The molecule has 8 nitrogen and oxygen atoms in total. The number of halogens is 2. The Morgan fingerprint density at radius 2 is 2.12 bits per heavy atom. The molecule has 0 aliphatic rings. The Bertz CT molecular complexity index is 877. The molecular formula is C14H13Cl2N3O5. The first kappa shape index (κ1) is 18.3. The molecule has 0 radical (unpaired) electrons. The number of methoxy groups -OCH3 is 1. The van der Waals surface area contributed by atoms with Crippen LogP contribution in [0.15, 0.2) is 34.0 Å². The number of hydrogen-bond acceptors (Lipinski definition) is 6. The van der Waals surface area contributed by atoms with E-state index in [0.29, 0.717) is 0 Å². The second kappa shape index (κ2) is 7.71. The highest BCUT2D eigenvalue weighted by molar-refractivity contribution is 6.68. The summed E-state index contributed by atoms with van der Waals surface area (Å²) in [5.41, 5.74) is -1.26. The van der Waals surface area contributed by atoms with Gasteiger partial charge in [0.1, 0.15) is 6.20 Å². The normalized spacial score (nSPS) is 12.2. The molecule has 2 aromatic rings. The zero-order valence-corrected chi connectivity index (χ0v) is 14.0. The summed E-state index contributed by atoms with van der Waals surface area (Å²) in [6, 6.07) is 4.11. The zero-order chi connectivity index (χ0) is 17.9. The number of ether oxygens (including phenoxy) is 1. The van der Waals surface area contributed by atoms with E-state index in [2.05, 4.69) is 5.10 Å². The molecule has 1 unspecified atom stereocenters. The van der Waals surface area contributed by atoms with Crippen LogP contribution in [0.4, 0.5) is 0 Å². The predicted molar refractivity (Wildman–Crippen MR) is 87.2 cm³/mol. The van der Waals surface area contributed by atoms with Crippen molar-refractivity contribution in [3.63, 3.8) is 0 Å². The highest BCUT2D eigenvalue weighted by Gasteiger charge is 2.15. The van der Waals surface area contributed by atoms with E-state index in [1.807, 2.05) is 0 Å². The molecule has 0 saturated heterocycles. The number of benzene rings is 1. The number of rotatable bonds is 6. The van der Waals surface area contributed by atoms with Gasteiger partial charge < -0.3 is 9.84 Å². The van der Waals surface area contributed by atoms with Crippen molar-refractivity contribution in [2.75, 3.05) is 13.7 Å². The number of carbonyl (C=O) groups excluding carboxylic acids is 1. The van der Waals surface area contributed by atoms with E-state index in [0.717, 1.165) is 15.4 Å². The van der Waals surface area contributed by atoms with Crippen LogP contribution in [0.5, 0.6) is 0 Å². The van der Waals surface area contributed by atoms with Crippen LogP contribution in [0, 0.1) is 0 Å². The fourth-order valence-corrected chi connectivity index (χ4v) is 2.44. The molecule has 128 valence electrons. The Morgan fingerprint density at radius 3 is 2.75 bits per heavy atom. The number of aromatic nitrogens is 3. The van der Waals surface area contributed by atoms with Crippen molar-refractivity contribution in [2.24, 2.45) is 0 Å². The molecule has 1 heterocycles. The van der Waals surface area contributed by atoms with Gasteiger partial charge in [-0.15, -0.1) is 0 Å². The molecule has 0 aliphatic carbocycles. The molecule has 0 fully saturated rings. The van der Waals surface area contributed by atoms with Crippen molar-refractivity contribution < 1.29 is 14.6 Å². The van der Waals surface area contributed by atoms with Crippen LogP contribution in [0.3, 0.4) is 0 Å². The van der Waals surface area contributed by atoms with Gasteiger partial charge in [-0.25, -0.2) is 4.79 Å². The number of hydrogen-bond donors (Lipinski definition) is 1. The molecule has 1 aromatic heterocycles. The maximum atomic E-state index is 12.5. The second-order valence-corrected chi connectivity index (χ2v) is 5.59. The molecule has 24 heavy (non-hydrogen) atoms. The van der Waals surface area contributed by atoms with Crippen molar-refractivity contribution in [3.8, 4) is 5.69 Å². The van der Waals surface area contributed by atoms with Crippen molar-refractivity contribution in [3.05, 3.63) is 55.8 Å². The van der Waals surface area contributed by atoms with Crippen LogP contribution in [0.1, 0.15) is 10.4 Å². The van der Waals surface area contributed by atoms with Crippen molar-refractivity contribution in [1.29, 1.82) is 0 Å². The topological polar surface area (TPSA) is 103 Å². The summed E-state index contributed by atoms with van der Waals surface area (Å²) >= 11 is 11.3. The van der Waals surface area contributed by atoms with E-state index < -0.39 is 22.6 Å². The maximum Gasteiger partial charge on any atom is 0.352 e. The minimum atomic E-state index is -1.04. The first-order chi connectivity index (χ1) is 11.3. The Hall–Kier alpha value is -2.00. The number of carbonyl (C=O) groups is 1. The first-order valence-electron chi connectivity index (χ1n) is 6.71. The standard InChI is InChI=1S/C14H13Cl2N3O5/c1-24-7-9(20)6-18-12(21)5-17-19(14(18)23)8-2-3-11(15)10(4-8)13(16)22/h2-5,9,20H,6-7H2,1H3. The van der Waals surface area contributed by atoms with E-state index in [-0.39, 0.29) is 29.4 Å². The molecule has 0 bridgehead atoms. The molecule has 1 N–H and O–H groups in total. The van der Waals surface area contributed by atoms with Gasteiger partial charge in [0.25, 0.3) is 10.8 Å². The molecular weight excluding hydrogens is 361 g/mol. The fourth-order valence-electron chi connectivity index (χ4n) is 2.03. The minimum Gasteiger partial charge on any atom is -0.389 e. The Labute approximate surface area is 145 Å². The van der Waals surface area contributed by atoms with Crippen molar-refractivity contribution >= 4 is 28.4 Å². The third kappa shape index (κ3) is 3.90. The average Bonchev–Trinajstić information content (AvgIpc) is 2.52. The molecule has 0 amide bonds. The molecule has 1 aromatic carbocycles. The smallest absolute Gasteiger partial charge is 0.352 e. The zero-order valence-electron chi connectivity index (χ0n) is 12.5. The summed E-state index contributed by atoms with van der Waals surface area (Å²) in [4.78, 5) is 35.6. The van der Waals surface area contributed by atoms with Gasteiger partial charge in [0.2, 0.25) is 0 Å². The summed E-state index contributed by atoms with van der Waals surface area (Å²) < 4.78 is 6.49. The fraction of sp³-hybridized carbons (Fsp3) is 0.286. The lowest BCUT2D eigenvalue weighted by molar-refractivity contribution is 0.0519. The molecule has 1 atom stereocenters. The SMILES string of the molecule is COCC(O)Cn1c(=O)cnn(-c2ccc(Cl)c(C(=O)Cl)c2)c1=O. The van der Waals surface area contributed by atoms with Gasteiger partial charge in [-0.3, -0.25) is 14.2 Å². The van der Waals surface area contributed by atoms with Crippen LogP contribution >= 0.6 is 23.2 Å². The summed E-state index contributed by atoms with van der Waals surface area (Å²) in [7, 11) is 1.38. The molecule has 2 rings (SSSR count). The first-order valence-corrected chi connectivity index (χ1v) is 7.46. The van der Waals surface area contributed by atoms with E-state index >= 15 is 0 Å². The summed E-state index contributed by atoms with van der Waals surface area (Å²) in [6.45, 7) is -0.303. The van der Waals surface area contributed by atoms with Crippen LogP contribution in [-0.2, 0) is 11.3 Å². The van der Waals surface area contributed by atoms with Gasteiger partial charge in [-0.1, -0.05) is 11.6 Å². The minimum absolute atomic E-state index is 0.00158. The summed E-state index contributed by atoms with van der Waals surface area (Å²) in [5.74, 6) is 0. The van der Waals surface area contributed by atoms with Crippen molar-refractivity contribution in [2.45, 2.75) is 12.6 Å². The van der Waals surface area contributed by atoms with Gasteiger partial charge in [-0.05, 0) is 29.8 Å². The molecule has 0 aliphatic heterocycles. The highest BCUT2D eigenvalue weighted by atomic mass is 35.5.